The first-order valence-corrected chi connectivity index (χ1v) is 6.32. The maximum Gasteiger partial charge on any atom is 0.126 e. The average Bonchev–Trinajstić information content (AvgIpc) is 2.84. The van der Waals surface area contributed by atoms with Gasteiger partial charge in [0, 0.05) is 18.4 Å². The molecule has 2 nitrogen and oxygen atoms in total. The number of aliphatic hydroxyl groups is 1. The zero-order chi connectivity index (χ0) is 13.5. The van der Waals surface area contributed by atoms with E-state index in [2.05, 4.69) is 0 Å². The Morgan fingerprint density at radius 1 is 1.26 bits per heavy atom. The van der Waals surface area contributed by atoms with Crippen LogP contribution in [0.1, 0.15) is 29.7 Å². The van der Waals surface area contributed by atoms with Crippen molar-refractivity contribution in [2.45, 2.75) is 31.3 Å². The van der Waals surface area contributed by atoms with Crippen LogP contribution in [0.3, 0.4) is 0 Å². The minimum atomic E-state index is -1.17. The van der Waals surface area contributed by atoms with Crippen LogP contribution in [0, 0.1) is 11.6 Å². The molecule has 1 aromatic carbocycles. The lowest BCUT2D eigenvalue weighted by Crippen LogP contribution is -2.32. The maximum absolute atomic E-state index is 13.7. The summed E-state index contributed by atoms with van der Waals surface area (Å²) in [6.45, 7) is 0. The van der Waals surface area contributed by atoms with Gasteiger partial charge in [-0.25, -0.2) is 8.78 Å². The van der Waals surface area contributed by atoms with Crippen LogP contribution in [0.5, 0.6) is 0 Å². The van der Waals surface area contributed by atoms with Gasteiger partial charge in [-0.3, -0.25) is 0 Å². The lowest BCUT2D eigenvalue weighted by atomic mass is 9.79. The number of aryl methyl sites for hydroxylation is 1. The van der Waals surface area contributed by atoms with Crippen LogP contribution >= 0.6 is 0 Å². The third-order valence-electron chi connectivity index (χ3n) is 3.73. The molecule has 100 valence electrons. The normalized spacial score (nSPS) is 22.3. The molecule has 1 aliphatic rings. The van der Waals surface area contributed by atoms with Crippen LogP contribution in [0.2, 0.25) is 0 Å². The van der Waals surface area contributed by atoms with E-state index in [4.69, 9.17) is 4.42 Å². The molecule has 0 saturated carbocycles. The molecule has 4 heteroatoms. The summed E-state index contributed by atoms with van der Waals surface area (Å²) in [4.78, 5) is 0. The second-order valence-corrected chi connectivity index (χ2v) is 5.06. The number of hydrogen-bond donors (Lipinski definition) is 1. The molecule has 0 spiro atoms. The molecule has 19 heavy (non-hydrogen) atoms. The monoisotopic (exact) mass is 264 g/mol. The van der Waals surface area contributed by atoms with E-state index >= 15 is 0 Å². The lowest BCUT2D eigenvalue weighted by Gasteiger charge is -2.32. The predicted molar refractivity (Wildman–Crippen MR) is 65.6 cm³/mol. The number of benzene rings is 1. The van der Waals surface area contributed by atoms with Crippen molar-refractivity contribution in [3.63, 3.8) is 0 Å². The molecule has 1 aromatic heterocycles. The first-order valence-electron chi connectivity index (χ1n) is 6.32. The van der Waals surface area contributed by atoms with E-state index in [9.17, 15) is 13.9 Å². The summed E-state index contributed by atoms with van der Waals surface area (Å²) in [5.41, 5.74) is -0.283. The minimum absolute atomic E-state index is 0.0587. The van der Waals surface area contributed by atoms with Crippen LogP contribution in [0.25, 0.3) is 0 Å². The van der Waals surface area contributed by atoms with Crippen molar-refractivity contribution in [2.24, 2.45) is 0 Å². The van der Waals surface area contributed by atoms with Gasteiger partial charge >= 0.3 is 0 Å². The summed E-state index contributed by atoms with van der Waals surface area (Å²) in [6.07, 6.45) is 3.66. The number of furan rings is 1. The van der Waals surface area contributed by atoms with Gasteiger partial charge in [-0.05, 0) is 42.7 Å². The molecule has 1 N–H and O–H groups in total. The summed E-state index contributed by atoms with van der Waals surface area (Å²) >= 11 is 0. The summed E-state index contributed by atoms with van der Waals surface area (Å²) in [5, 5.41) is 10.7. The lowest BCUT2D eigenvalue weighted by molar-refractivity contribution is 0.0160. The van der Waals surface area contributed by atoms with Crippen LogP contribution in [-0.2, 0) is 18.4 Å². The van der Waals surface area contributed by atoms with E-state index < -0.39 is 17.2 Å². The van der Waals surface area contributed by atoms with E-state index in [1.54, 1.807) is 6.07 Å². The van der Waals surface area contributed by atoms with Crippen molar-refractivity contribution in [1.82, 2.24) is 0 Å². The van der Waals surface area contributed by atoms with Crippen LogP contribution in [-0.4, -0.2) is 5.11 Å². The summed E-state index contributed by atoms with van der Waals surface area (Å²) < 4.78 is 32.2. The van der Waals surface area contributed by atoms with Crippen molar-refractivity contribution in [3.8, 4) is 0 Å². The standard InChI is InChI=1S/C15H14F2O2/c16-11-3-4-13(17)10(8-11)9-15(18)6-1-2-14-12(15)5-7-19-14/h3-5,7-8,18H,1-2,6,9H2. The van der Waals surface area contributed by atoms with Gasteiger partial charge < -0.3 is 9.52 Å². The first kappa shape index (κ1) is 12.4. The fourth-order valence-corrected chi connectivity index (χ4v) is 2.80. The largest absolute Gasteiger partial charge is 0.469 e. The molecule has 0 saturated heterocycles. The van der Waals surface area contributed by atoms with Gasteiger partial charge in [-0.2, -0.15) is 0 Å². The Hall–Kier alpha value is -1.68. The fraction of sp³-hybridized carbons (Fsp3) is 0.333. The number of hydrogen-bond acceptors (Lipinski definition) is 2. The molecule has 1 unspecified atom stereocenters. The Kier molecular flexibility index (Phi) is 2.90. The Bertz CT molecular complexity index is 606. The highest BCUT2D eigenvalue weighted by Gasteiger charge is 2.37. The van der Waals surface area contributed by atoms with Gasteiger partial charge in [-0.1, -0.05) is 0 Å². The summed E-state index contributed by atoms with van der Waals surface area (Å²) in [7, 11) is 0. The van der Waals surface area contributed by atoms with E-state index in [0.717, 1.165) is 36.8 Å². The summed E-state index contributed by atoms with van der Waals surface area (Å²) in [6, 6.07) is 5.02. The number of rotatable bonds is 2. The van der Waals surface area contributed by atoms with E-state index in [0.29, 0.717) is 12.0 Å². The van der Waals surface area contributed by atoms with Crippen LogP contribution < -0.4 is 0 Å². The van der Waals surface area contributed by atoms with E-state index in [1.165, 1.54) is 6.26 Å². The molecule has 0 amide bonds. The molecular formula is C15H14F2O2. The van der Waals surface area contributed by atoms with Crippen LogP contribution in [0.4, 0.5) is 8.78 Å². The highest BCUT2D eigenvalue weighted by atomic mass is 19.1. The second-order valence-electron chi connectivity index (χ2n) is 5.06. The highest BCUT2D eigenvalue weighted by Crippen LogP contribution is 2.38. The molecule has 1 aliphatic carbocycles. The van der Waals surface area contributed by atoms with Gasteiger partial charge in [0.05, 0.1) is 11.9 Å². The zero-order valence-electron chi connectivity index (χ0n) is 10.3. The molecule has 1 atom stereocenters. The van der Waals surface area contributed by atoms with Crippen molar-refractivity contribution in [3.05, 3.63) is 59.1 Å². The van der Waals surface area contributed by atoms with Gasteiger partial charge in [0.2, 0.25) is 0 Å². The van der Waals surface area contributed by atoms with Crippen molar-refractivity contribution >= 4 is 0 Å². The molecule has 3 rings (SSSR count). The molecule has 0 bridgehead atoms. The van der Waals surface area contributed by atoms with Crippen molar-refractivity contribution in [2.75, 3.05) is 0 Å². The third-order valence-corrected chi connectivity index (χ3v) is 3.73. The van der Waals surface area contributed by atoms with Gasteiger partial charge in [-0.15, -0.1) is 0 Å². The smallest absolute Gasteiger partial charge is 0.126 e. The first-order chi connectivity index (χ1) is 9.08. The Morgan fingerprint density at radius 3 is 2.95 bits per heavy atom. The van der Waals surface area contributed by atoms with E-state index in [-0.39, 0.29) is 12.0 Å². The van der Waals surface area contributed by atoms with Gasteiger partial charge in [0.1, 0.15) is 17.4 Å². The van der Waals surface area contributed by atoms with Gasteiger partial charge in [0.15, 0.2) is 0 Å². The SMILES string of the molecule is OC1(Cc2cc(F)ccc2F)CCCc2occc21. The quantitative estimate of drug-likeness (QED) is 0.902. The fourth-order valence-electron chi connectivity index (χ4n) is 2.80. The molecule has 0 aliphatic heterocycles. The molecule has 0 radical (unpaired) electrons. The maximum atomic E-state index is 13.7. The van der Waals surface area contributed by atoms with Crippen molar-refractivity contribution < 1.29 is 18.3 Å². The zero-order valence-corrected chi connectivity index (χ0v) is 10.3. The Morgan fingerprint density at radius 2 is 2.11 bits per heavy atom. The molecule has 0 fully saturated rings. The van der Waals surface area contributed by atoms with Gasteiger partial charge in [0.25, 0.3) is 0 Å². The van der Waals surface area contributed by atoms with E-state index in [1.807, 2.05) is 0 Å². The number of fused-ring (bicyclic) bond motifs is 1. The van der Waals surface area contributed by atoms with Crippen molar-refractivity contribution in [1.29, 1.82) is 0 Å². The van der Waals surface area contributed by atoms with Crippen LogP contribution in [0.15, 0.2) is 34.9 Å². The topological polar surface area (TPSA) is 33.4 Å². The Balaban J connectivity index is 1.97. The Labute approximate surface area is 109 Å². The minimum Gasteiger partial charge on any atom is -0.469 e. The highest BCUT2D eigenvalue weighted by molar-refractivity contribution is 5.31. The summed E-state index contributed by atoms with van der Waals surface area (Å²) in [5.74, 6) is -0.251. The molecular weight excluding hydrogens is 250 g/mol. The average molecular weight is 264 g/mol. The predicted octanol–water partition coefficient (Wildman–Crippen LogP) is 3.32. The second kappa shape index (κ2) is 4.46. The molecule has 1 heterocycles. The number of halogens is 2. The third kappa shape index (κ3) is 2.16. The molecule has 2 aromatic rings.